The lowest BCUT2D eigenvalue weighted by molar-refractivity contribution is -0.138. The second kappa shape index (κ2) is 7.86. The molecule has 0 aromatic carbocycles. The molecular formula is C10H22N4O3. The number of nitrogens with one attached hydrogen (secondary N) is 1. The van der Waals surface area contributed by atoms with Crippen LogP contribution < -0.4 is 11.1 Å². The molecule has 0 bridgehead atoms. The predicted octanol–water partition coefficient (Wildman–Crippen LogP) is -1.01. The van der Waals surface area contributed by atoms with Gasteiger partial charge in [-0.1, -0.05) is 0 Å². The molecule has 0 aliphatic carbocycles. The number of carbonyl (C=O) groups excluding carboxylic acids is 1. The van der Waals surface area contributed by atoms with Crippen LogP contribution in [-0.4, -0.2) is 73.7 Å². The average molecular weight is 246 g/mol. The van der Waals surface area contributed by atoms with Gasteiger partial charge in [0, 0.05) is 20.1 Å². The molecule has 0 aliphatic heterocycles. The van der Waals surface area contributed by atoms with Crippen molar-refractivity contribution in [2.45, 2.75) is 12.5 Å². The summed E-state index contributed by atoms with van der Waals surface area (Å²) in [6, 6.07) is -1.37. The number of carboxylic acid groups (broad SMARTS) is 1. The number of urea groups is 1. The van der Waals surface area contributed by atoms with Crippen LogP contribution in [0.15, 0.2) is 0 Å². The molecule has 0 rings (SSSR count). The second-order valence-corrected chi connectivity index (χ2v) is 4.21. The van der Waals surface area contributed by atoms with Crippen molar-refractivity contribution in [3.05, 3.63) is 0 Å². The number of hydrogen-bond donors (Lipinski definition) is 3. The van der Waals surface area contributed by atoms with Gasteiger partial charge < -0.3 is 26.0 Å². The number of nitrogens with two attached hydrogens (primary N) is 1. The van der Waals surface area contributed by atoms with Crippen molar-refractivity contribution in [1.29, 1.82) is 0 Å². The zero-order chi connectivity index (χ0) is 13.4. The van der Waals surface area contributed by atoms with Gasteiger partial charge in [0.05, 0.1) is 0 Å². The molecule has 17 heavy (non-hydrogen) atoms. The van der Waals surface area contributed by atoms with Gasteiger partial charge in [0.1, 0.15) is 6.04 Å². The number of amides is 2. The molecule has 0 fully saturated rings. The van der Waals surface area contributed by atoms with Gasteiger partial charge in [-0.25, -0.2) is 4.79 Å². The summed E-state index contributed by atoms with van der Waals surface area (Å²) in [5, 5.41) is 11.0. The molecule has 7 heteroatoms. The first kappa shape index (κ1) is 15.7. The molecule has 4 N–H and O–H groups in total. The summed E-state index contributed by atoms with van der Waals surface area (Å²) in [5.41, 5.74) is 5.27. The lowest BCUT2D eigenvalue weighted by Crippen LogP contribution is -2.46. The summed E-state index contributed by atoms with van der Waals surface area (Å²) in [6.45, 7) is 1.45. The number of aliphatic carboxylic acids is 1. The van der Waals surface area contributed by atoms with E-state index in [1.54, 1.807) is 7.05 Å². The first-order valence-electron chi connectivity index (χ1n) is 5.46. The quantitative estimate of drug-likeness (QED) is 0.534. The normalized spacial score (nSPS) is 12.3. The van der Waals surface area contributed by atoms with E-state index in [1.807, 2.05) is 19.0 Å². The Labute approximate surface area is 102 Å². The lowest BCUT2D eigenvalue weighted by atomic mass is 10.3. The van der Waals surface area contributed by atoms with E-state index in [0.717, 1.165) is 13.0 Å². The van der Waals surface area contributed by atoms with Crippen molar-refractivity contribution in [2.24, 2.45) is 5.73 Å². The molecule has 2 amide bonds. The maximum Gasteiger partial charge on any atom is 0.322 e. The SMILES string of the molecule is CN(C)CCCN(C)C(=O)NC[C@H](N)C(=O)O. The van der Waals surface area contributed by atoms with Crippen LogP contribution in [0.2, 0.25) is 0 Å². The smallest absolute Gasteiger partial charge is 0.322 e. The minimum absolute atomic E-state index is 0.0633. The van der Waals surface area contributed by atoms with E-state index >= 15 is 0 Å². The Morgan fingerprint density at radius 3 is 2.35 bits per heavy atom. The number of rotatable bonds is 7. The van der Waals surface area contributed by atoms with E-state index in [1.165, 1.54) is 4.90 Å². The molecular weight excluding hydrogens is 224 g/mol. The standard InChI is InChI=1S/C10H22N4O3/c1-13(2)5-4-6-14(3)10(17)12-7-8(11)9(15)16/h8H,4-7,11H2,1-3H3,(H,12,17)(H,15,16)/t8-/m0/s1. The first-order valence-corrected chi connectivity index (χ1v) is 5.46. The minimum Gasteiger partial charge on any atom is -0.480 e. The van der Waals surface area contributed by atoms with Gasteiger partial charge in [-0.15, -0.1) is 0 Å². The van der Waals surface area contributed by atoms with Crippen LogP contribution in [0.1, 0.15) is 6.42 Å². The molecule has 0 saturated carbocycles. The fourth-order valence-corrected chi connectivity index (χ4v) is 1.15. The van der Waals surface area contributed by atoms with Crippen LogP contribution in [-0.2, 0) is 4.79 Å². The Morgan fingerprint density at radius 2 is 1.88 bits per heavy atom. The second-order valence-electron chi connectivity index (χ2n) is 4.21. The van der Waals surface area contributed by atoms with E-state index in [9.17, 15) is 9.59 Å². The summed E-state index contributed by atoms with van der Waals surface area (Å²) in [7, 11) is 5.59. The van der Waals surface area contributed by atoms with E-state index in [2.05, 4.69) is 5.32 Å². The van der Waals surface area contributed by atoms with Crippen molar-refractivity contribution in [3.8, 4) is 0 Å². The van der Waals surface area contributed by atoms with E-state index in [0.29, 0.717) is 6.54 Å². The summed E-state index contributed by atoms with van der Waals surface area (Å²) in [4.78, 5) is 25.5. The van der Waals surface area contributed by atoms with Gasteiger partial charge in [0.15, 0.2) is 0 Å². The molecule has 0 spiro atoms. The third-order valence-electron chi connectivity index (χ3n) is 2.24. The van der Waals surface area contributed by atoms with Crippen molar-refractivity contribution in [1.82, 2.24) is 15.1 Å². The zero-order valence-electron chi connectivity index (χ0n) is 10.6. The number of carboxylic acids is 1. The van der Waals surface area contributed by atoms with E-state index in [4.69, 9.17) is 10.8 Å². The largest absolute Gasteiger partial charge is 0.480 e. The molecule has 0 aliphatic rings. The van der Waals surface area contributed by atoms with Gasteiger partial charge in [-0.3, -0.25) is 4.79 Å². The number of carbonyl (C=O) groups is 2. The van der Waals surface area contributed by atoms with Crippen molar-refractivity contribution in [3.63, 3.8) is 0 Å². The van der Waals surface area contributed by atoms with Gasteiger partial charge in [0.2, 0.25) is 0 Å². The van der Waals surface area contributed by atoms with Gasteiger partial charge in [0.25, 0.3) is 0 Å². The Bertz CT molecular complexity index is 258. The third-order valence-corrected chi connectivity index (χ3v) is 2.24. The molecule has 0 aromatic rings. The van der Waals surface area contributed by atoms with E-state index < -0.39 is 12.0 Å². The van der Waals surface area contributed by atoms with Crippen LogP contribution in [0.3, 0.4) is 0 Å². The minimum atomic E-state index is -1.12. The first-order chi connectivity index (χ1) is 7.84. The summed E-state index contributed by atoms with van der Waals surface area (Å²) >= 11 is 0. The van der Waals surface area contributed by atoms with E-state index in [-0.39, 0.29) is 12.6 Å². The van der Waals surface area contributed by atoms with Gasteiger partial charge in [-0.2, -0.15) is 0 Å². The zero-order valence-corrected chi connectivity index (χ0v) is 10.6. The fraction of sp³-hybridized carbons (Fsp3) is 0.800. The number of nitrogens with zero attached hydrogens (tertiary/aromatic N) is 2. The fourth-order valence-electron chi connectivity index (χ4n) is 1.15. The van der Waals surface area contributed by atoms with Crippen LogP contribution in [0.4, 0.5) is 4.79 Å². The topological polar surface area (TPSA) is 98.9 Å². The third kappa shape index (κ3) is 7.53. The summed E-state index contributed by atoms with van der Waals surface area (Å²) < 4.78 is 0. The van der Waals surface area contributed by atoms with Crippen molar-refractivity contribution >= 4 is 12.0 Å². The Kier molecular flexibility index (Phi) is 7.24. The molecule has 7 nitrogen and oxygen atoms in total. The highest BCUT2D eigenvalue weighted by atomic mass is 16.4. The predicted molar refractivity (Wildman–Crippen MR) is 64.8 cm³/mol. The van der Waals surface area contributed by atoms with Crippen LogP contribution >= 0.6 is 0 Å². The average Bonchev–Trinajstić information content (AvgIpc) is 2.24. The van der Waals surface area contributed by atoms with Crippen molar-refractivity contribution < 1.29 is 14.7 Å². The van der Waals surface area contributed by atoms with Gasteiger partial charge in [-0.05, 0) is 27.1 Å². The Morgan fingerprint density at radius 1 is 1.29 bits per heavy atom. The summed E-state index contributed by atoms with van der Waals surface area (Å²) in [6.07, 6.45) is 0.863. The summed E-state index contributed by atoms with van der Waals surface area (Å²) in [5.74, 6) is -1.12. The highest BCUT2D eigenvalue weighted by Crippen LogP contribution is 1.90. The van der Waals surface area contributed by atoms with Crippen molar-refractivity contribution in [2.75, 3.05) is 40.8 Å². The lowest BCUT2D eigenvalue weighted by Gasteiger charge is -2.19. The Hall–Kier alpha value is -1.34. The molecule has 100 valence electrons. The molecule has 0 heterocycles. The molecule has 0 radical (unpaired) electrons. The number of hydrogen-bond acceptors (Lipinski definition) is 4. The van der Waals surface area contributed by atoms with Crippen LogP contribution in [0.5, 0.6) is 0 Å². The Balaban J connectivity index is 3.78. The highest BCUT2D eigenvalue weighted by Gasteiger charge is 2.14. The van der Waals surface area contributed by atoms with Crippen LogP contribution in [0, 0.1) is 0 Å². The highest BCUT2D eigenvalue weighted by molar-refractivity contribution is 5.77. The maximum absolute atomic E-state index is 11.5. The molecule has 0 unspecified atom stereocenters. The molecule has 1 atom stereocenters. The van der Waals surface area contributed by atoms with Gasteiger partial charge >= 0.3 is 12.0 Å². The van der Waals surface area contributed by atoms with Crippen LogP contribution in [0.25, 0.3) is 0 Å². The molecule has 0 saturated heterocycles. The monoisotopic (exact) mass is 246 g/mol. The molecule has 0 aromatic heterocycles. The maximum atomic E-state index is 11.5.